The molecule has 0 atom stereocenters. The van der Waals surface area contributed by atoms with Crippen LogP contribution < -0.4 is 10.6 Å². The van der Waals surface area contributed by atoms with Crippen LogP contribution in [0.4, 0.5) is 0 Å². The topological polar surface area (TPSA) is 52.6 Å². The van der Waals surface area contributed by atoms with Crippen LogP contribution >= 0.6 is 35.3 Å². The molecule has 0 amide bonds. The average molecular weight is 494 g/mol. The fraction of sp³-hybridized carbons (Fsp3) is 0.789. The average Bonchev–Trinajstić information content (AvgIpc) is 2.91. The third kappa shape index (κ3) is 7.31. The SMILES string of the molecule is CCNC(=NCC(C)(C)N1CCCCC1)NCCc1nc(C)c(C)s1.I. The molecule has 2 N–H and O–H groups in total. The van der Waals surface area contributed by atoms with Gasteiger partial charge in [0.05, 0.1) is 17.2 Å². The Morgan fingerprint density at radius 3 is 2.46 bits per heavy atom. The molecule has 1 aromatic rings. The van der Waals surface area contributed by atoms with Gasteiger partial charge in [-0.05, 0) is 60.5 Å². The summed E-state index contributed by atoms with van der Waals surface area (Å²) in [4.78, 5) is 13.4. The number of nitrogens with zero attached hydrogens (tertiary/aromatic N) is 3. The van der Waals surface area contributed by atoms with Gasteiger partial charge in [-0.1, -0.05) is 6.42 Å². The Hall–Kier alpha value is -0.410. The fourth-order valence-corrected chi connectivity index (χ4v) is 4.08. The third-order valence-electron chi connectivity index (χ3n) is 4.88. The van der Waals surface area contributed by atoms with Crippen LogP contribution in [0.25, 0.3) is 0 Å². The molecular formula is C19H36IN5S. The van der Waals surface area contributed by atoms with Crippen LogP contribution in [0.5, 0.6) is 0 Å². The second-order valence-electron chi connectivity index (χ2n) is 7.48. The molecule has 2 rings (SSSR count). The summed E-state index contributed by atoms with van der Waals surface area (Å²) in [6, 6.07) is 0. The largest absolute Gasteiger partial charge is 0.357 e. The van der Waals surface area contributed by atoms with Crippen molar-refractivity contribution in [2.45, 2.75) is 65.8 Å². The van der Waals surface area contributed by atoms with E-state index in [-0.39, 0.29) is 29.5 Å². The summed E-state index contributed by atoms with van der Waals surface area (Å²) in [5.41, 5.74) is 1.27. The van der Waals surface area contributed by atoms with Gasteiger partial charge in [0.1, 0.15) is 0 Å². The van der Waals surface area contributed by atoms with E-state index in [2.05, 4.69) is 55.1 Å². The molecule has 0 aliphatic carbocycles. The van der Waals surface area contributed by atoms with Crippen LogP contribution in [0.15, 0.2) is 4.99 Å². The predicted octanol–water partition coefficient (Wildman–Crippen LogP) is 3.74. The fourth-order valence-electron chi connectivity index (χ4n) is 3.15. The second kappa shape index (κ2) is 11.4. The Morgan fingerprint density at radius 1 is 1.19 bits per heavy atom. The van der Waals surface area contributed by atoms with Crippen molar-refractivity contribution in [3.8, 4) is 0 Å². The van der Waals surface area contributed by atoms with E-state index in [0.717, 1.165) is 37.7 Å². The van der Waals surface area contributed by atoms with Gasteiger partial charge >= 0.3 is 0 Å². The lowest BCUT2D eigenvalue weighted by Crippen LogP contribution is -2.49. The minimum absolute atomic E-state index is 0. The highest BCUT2D eigenvalue weighted by Crippen LogP contribution is 2.20. The molecular weight excluding hydrogens is 457 g/mol. The highest BCUT2D eigenvalue weighted by atomic mass is 127. The first-order valence-electron chi connectivity index (χ1n) is 9.62. The summed E-state index contributed by atoms with van der Waals surface area (Å²) in [6.45, 7) is 15.9. The van der Waals surface area contributed by atoms with Crippen LogP contribution in [0.2, 0.25) is 0 Å². The van der Waals surface area contributed by atoms with Crippen LogP contribution in [0.3, 0.4) is 0 Å². The van der Waals surface area contributed by atoms with Crippen molar-refractivity contribution >= 4 is 41.3 Å². The van der Waals surface area contributed by atoms with Gasteiger partial charge in [-0.3, -0.25) is 9.89 Å². The number of aromatic nitrogens is 1. The van der Waals surface area contributed by atoms with Crippen molar-refractivity contribution in [1.82, 2.24) is 20.5 Å². The number of aryl methyl sites for hydroxylation is 2. The monoisotopic (exact) mass is 493 g/mol. The molecule has 0 unspecified atom stereocenters. The first-order valence-corrected chi connectivity index (χ1v) is 10.4. The zero-order chi connectivity index (χ0) is 18.3. The van der Waals surface area contributed by atoms with Gasteiger partial charge in [-0.15, -0.1) is 35.3 Å². The predicted molar refractivity (Wildman–Crippen MR) is 124 cm³/mol. The summed E-state index contributed by atoms with van der Waals surface area (Å²) in [5.74, 6) is 0.914. The molecule has 7 heteroatoms. The maximum atomic E-state index is 4.85. The Morgan fingerprint density at radius 2 is 1.88 bits per heavy atom. The van der Waals surface area contributed by atoms with E-state index in [1.165, 1.54) is 42.2 Å². The molecule has 0 bridgehead atoms. The zero-order valence-corrected chi connectivity index (χ0v) is 20.2. The van der Waals surface area contributed by atoms with Crippen molar-refractivity contribution in [2.24, 2.45) is 4.99 Å². The molecule has 26 heavy (non-hydrogen) atoms. The number of thiazole rings is 1. The van der Waals surface area contributed by atoms with Crippen LogP contribution in [0.1, 0.15) is 55.6 Å². The molecule has 0 spiro atoms. The molecule has 1 aliphatic heterocycles. The van der Waals surface area contributed by atoms with Crippen molar-refractivity contribution in [1.29, 1.82) is 0 Å². The van der Waals surface area contributed by atoms with E-state index >= 15 is 0 Å². The minimum Gasteiger partial charge on any atom is -0.357 e. The summed E-state index contributed by atoms with van der Waals surface area (Å²) >= 11 is 1.80. The molecule has 1 aliphatic rings. The molecule has 150 valence electrons. The second-order valence-corrected chi connectivity index (χ2v) is 8.77. The molecule has 1 saturated heterocycles. The van der Waals surface area contributed by atoms with E-state index in [9.17, 15) is 0 Å². The number of guanidine groups is 1. The number of piperidine rings is 1. The third-order valence-corrected chi connectivity index (χ3v) is 6.02. The maximum absolute atomic E-state index is 4.85. The molecule has 5 nitrogen and oxygen atoms in total. The van der Waals surface area contributed by atoms with E-state index < -0.39 is 0 Å². The van der Waals surface area contributed by atoms with Crippen LogP contribution in [-0.2, 0) is 6.42 Å². The number of rotatable bonds is 7. The van der Waals surface area contributed by atoms with Gasteiger partial charge in [0.15, 0.2) is 5.96 Å². The molecule has 2 heterocycles. The van der Waals surface area contributed by atoms with Crippen molar-refractivity contribution in [3.05, 3.63) is 15.6 Å². The van der Waals surface area contributed by atoms with E-state index in [4.69, 9.17) is 4.99 Å². The minimum atomic E-state index is 0. The molecule has 1 aromatic heterocycles. The van der Waals surface area contributed by atoms with Gasteiger partial charge < -0.3 is 10.6 Å². The highest BCUT2D eigenvalue weighted by Gasteiger charge is 2.27. The lowest BCUT2D eigenvalue weighted by atomic mass is 9.99. The normalized spacial score (nSPS) is 16.3. The number of hydrogen-bond donors (Lipinski definition) is 2. The Labute approximate surface area is 180 Å². The number of hydrogen-bond acceptors (Lipinski definition) is 4. The van der Waals surface area contributed by atoms with Crippen LogP contribution in [-0.4, -0.2) is 54.1 Å². The summed E-state index contributed by atoms with van der Waals surface area (Å²) in [6.07, 6.45) is 4.95. The number of aliphatic imine (C=N–C) groups is 1. The summed E-state index contributed by atoms with van der Waals surface area (Å²) < 4.78 is 0. The van der Waals surface area contributed by atoms with Gasteiger partial charge in [-0.2, -0.15) is 0 Å². The summed E-state index contributed by atoms with van der Waals surface area (Å²) in [7, 11) is 0. The Kier molecular flexibility index (Phi) is 10.4. The Bertz CT molecular complexity index is 545. The van der Waals surface area contributed by atoms with E-state index in [0.29, 0.717) is 0 Å². The first-order chi connectivity index (χ1) is 11.9. The van der Waals surface area contributed by atoms with Crippen molar-refractivity contribution < 1.29 is 0 Å². The highest BCUT2D eigenvalue weighted by molar-refractivity contribution is 14.0. The van der Waals surface area contributed by atoms with Crippen LogP contribution in [0, 0.1) is 13.8 Å². The quantitative estimate of drug-likeness (QED) is 0.345. The lowest BCUT2D eigenvalue weighted by Gasteiger charge is -2.40. The lowest BCUT2D eigenvalue weighted by molar-refractivity contribution is 0.102. The number of likely N-dealkylation sites (tertiary alicyclic amines) is 1. The van der Waals surface area contributed by atoms with Gasteiger partial charge in [0.2, 0.25) is 0 Å². The number of nitrogens with one attached hydrogen (secondary N) is 2. The van der Waals surface area contributed by atoms with Crippen molar-refractivity contribution in [3.63, 3.8) is 0 Å². The molecule has 1 fully saturated rings. The first kappa shape index (κ1) is 23.6. The Balaban J connectivity index is 0.00000338. The molecule has 0 saturated carbocycles. The smallest absolute Gasteiger partial charge is 0.191 e. The maximum Gasteiger partial charge on any atom is 0.191 e. The van der Waals surface area contributed by atoms with Crippen molar-refractivity contribution in [2.75, 3.05) is 32.7 Å². The van der Waals surface area contributed by atoms with Gasteiger partial charge in [-0.25, -0.2) is 4.98 Å². The molecule has 0 radical (unpaired) electrons. The molecule has 0 aromatic carbocycles. The van der Waals surface area contributed by atoms with E-state index in [1.54, 1.807) is 11.3 Å². The standard InChI is InChI=1S/C19H35N5S.HI/c1-6-20-18(21-11-10-17-23-15(2)16(3)25-17)22-14-19(4,5)24-12-8-7-9-13-24;/h6-14H2,1-5H3,(H2,20,21,22);1H. The summed E-state index contributed by atoms with van der Waals surface area (Å²) in [5, 5.41) is 8.03. The number of halogens is 1. The zero-order valence-electron chi connectivity index (χ0n) is 17.0. The van der Waals surface area contributed by atoms with Gasteiger partial charge in [0.25, 0.3) is 0 Å². The van der Waals surface area contributed by atoms with Gasteiger partial charge in [0, 0.05) is 29.9 Å². The van der Waals surface area contributed by atoms with E-state index in [1.807, 2.05) is 0 Å².